The molecule has 18 heavy (non-hydrogen) atoms. The maximum atomic E-state index is 13.0. The quantitative estimate of drug-likeness (QED) is 0.795. The summed E-state index contributed by atoms with van der Waals surface area (Å²) in [5, 5.41) is 8.80. The molecule has 0 spiro atoms. The summed E-state index contributed by atoms with van der Waals surface area (Å²) in [7, 11) is 0. The zero-order chi connectivity index (χ0) is 13.2. The molecular weight excluding hydrogens is 227 g/mol. The van der Waals surface area contributed by atoms with Gasteiger partial charge < -0.3 is 4.90 Å². The second-order valence-corrected chi connectivity index (χ2v) is 5.66. The van der Waals surface area contributed by atoms with E-state index < -0.39 is 0 Å². The van der Waals surface area contributed by atoms with E-state index in [-0.39, 0.29) is 11.4 Å². The molecule has 1 fully saturated rings. The Balaban J connectivity index is 2.15. The highest BCUT2D eigenvalue weighted by Gasteiger charge is 2.34. The molecule has 0 amide bonds. The lowest BCUT2D eigenvalue weighted by Gasteiger charge is -2.47. The van der Waals surface area contributed by atoms with Gasteiger partial charge in [-0.15, -0.1) is 0 Å². The molecule has 3 heteroatoms. The van der Waals surface area contributed by atoms with Gasteiger partial charge in [0.25, 0.3) is 0 Å². The Morgan fingerprint density at radius 1 is 1.39 bits per heavy atom. The first-order chi connectivity index (χ1) is 8.53. The van der Waals surface area contributed by atoms with Gasteiger partial charge in [-0.2, -0.15) is 5.26 Å². The molecule has 1 unspecified atom stereocenters. The minimum absolute atomic E-state index is 0.0254. The number of rotatable bonds is 2. The molecular formula is C15H19FN2. The van der Waals surface area contributed by atoms with Gasteiger partial charge in [-0.05, 0) is 56.9 Å². The van der Waals surface area contributed by atoms with Gasteiger partial charge >= 0.3 is 0 Å². The number of halogens is 1. The largest absolute Gasteiger partial charge is 0.366 e. The van der Waals surface area contributed by atoms with Gasteiger partial charge in [0.1, 0.15) is 5.82 Å². The summed E-state index contributed by atoms with van der Waals surface area (Å²) in [4.78, 5) is 2.32. The average molecular weight is 246 g/mol. The zero-order valence-corrected chi connectivity index (χ0v) is 11.0. The van der Waals surface area contributed by atoms with Crippen molar-refractivity contribution in [1.29, 1.82) is 5.26 Å². The van der Waals surface area contributed by atoms with Crippen molar-refractivity contribution in [2.75, 3.05) is 11.4 Å². The average Bonchev–Trinajstić information content (AvgIpc) is 2.30. The van der Waals surface area contributed by atoms with Crippen molar-refractivity contribution >= 4 is 5.69 Å². The van der Waals surface area contributed by atoms with Crippen LogP contribution in [0.1, 0.15) is 33.1 Å². The van der Waals surface area contributed by atoms with Crippen molar-refractivity contribution < 1.29 is 4.39 Å². The maximum Gasteiger partial charge on any atom is 0.123 e. The first-order valence-electron chi connectivity index (χ1n) is 6.43. The van der Waals surface area contributed by atoms with Gasteiger partial charge in [0.2, 0.25) is 0 Å². The molecule has 1 aromatic carbocycles. The second kappa shape index (κ2) is 4.97. The molecule has 0 saturated carbocycles. The Hall–Kier alpha value is -1.56. The van der Waals surface area contributed by atoms with E-state index >= 15 is 0 Å². The lowest BCUT2D eigenvalue weighted by molar-refractivity contribution is 0.277. The van der Waals surface area contributed by atoms with E-state index in [2.05, 4.69) is 24.8 Å². The van der Waals surface area contributed by atoms with Crippen molar-refractivity contribution in [2.45, 2.75) is 38.6 Å². The molecule has 0 radical (unpaired) electrons. The fourth-order valence-electron chi connectivity index (χ4n) is 2.94. The highest BCUT2D eigenvalue weighted by Crippen LogP contribution is 2.36. The molecule has 0 aromatic heterocycles. The van der Waals surface area contributed by atoms with E-state index in [9.17, 15) is 4.39 Å². The number of hydrogen-bond donors (Lipinski definition) is 0. The van der Waals surface area contributed by atoms with Crippen LogP contribution in [0.2, 0.25) is 0 Å². The molecule has 96 valence electrons. The third kappa shape index (κ3) is 2.64. The smallest absolute Gasteiger partial charge is 0.123 e. The van der Waals surface area contributed by atoms with Gasteiger partial charge in [-0.1, -0.05) is 0 Å². The Bertz CT molecular complexity index is 445. The van der Waals surface area contributed by atoms with Crippen LogP contribution in [-0.2, 0) is 0 Å². The second-order valence-electron chi connectivity index (χ2n) is 5.66. The van der Waals surface area contributed by atoms with Crippen molar-refractivity contribution in [3.63, 3.8) is 0 Å². The lowest BCUT2D eigenvalue weighted by Crippen LogP contribution is -2.50. The number of hydrogen-bond acceptors (Lipinski definition) is 2. The molecule has 1 atom stereocenters. The predicted molar refractivity (Wildman–Crippen MR) is 70.8 cm³/mol. The molecule has 2 nitrogen and oxygen atoms in total. The number of nitrogens with zero attached hydrogens (tertiary/aromatic N) is 2. The Labute approximate surface area is 108 Å². The molecule has 1 heterocycles. The molecule has 1 aliphatic rings. The Morgan fingerprint density at radius 2 is 2.06 bits per heavy atom. The van der Waals surface area contributed by atoms with Gasteiger partial charge in [0.05, 0.1) is 6.07 Å². The van der Waals surface area contributed by atoms with E-state index in [0.29, 0.717) is 12.3 Å². The maximum absolute atomic E-state index is 13.0. The van der Waals surface area contributed by atoms with Gasteiger partial charge in [0.15, 0.2) is 0 Å². The zero-order valence-electron chi connectivity index (χ0n) is 11.0. The van der Waals surface area contributed by atoms with Gasteiger partial charge in [-0.3, -0.25) is 0 Å². The summed E-state index contributed by atoms with van der Waals surface area (Å²) >= 11 is 0. The molecule has 1 saturated heterocycles. The van der Waals surface area contributed by atoms with E-state index in [1.54, 1.807) is 0 Å². The number of benzene rings is 1. The van der Waals surface area contributed by atoms with Crippen LogP contribution in [0.25, 0.3) is 0 Å². The third-order valence-corrected chi connectivity index (χ3v) is 3.80. The van der Waals surface area contributed by atoms with Crippen LogP contribution in [0.3, 0.4) is 0 Å². The summed E-state index contributed by atoms with van der Waals surface area (Å²) in [6.45, 7) is 5.32. The van der Waals surface area contributed by atoms with Crippen LogP contribution in [0.5, 0.6) is 0 Å². The summed E-state index contributed by atoms with van der Waals surface area (Å²) in [5.41, 5.74) is 1.09. The SMILES string of the molecule is CC1(C)CC(CC#N)CCN1c1ccc(F)cc1. The highest BCUT2D eigenvalue weighted by atomic mass is 19.1. The van der Waals surface area contributed by atoms with Gasteiger partial charge in [-0.25, -0.2) is 4.39 Å². The van der Waals surface area contributed by atoms with Crippen molar-refractivity contribution in [2.24, 2.45) is 5.92 Å². The fraction of sp³-hybridized carbons (Fsp3) is 0.533. The molecule has 0 aliphatic carbocycles. The first-order valence-corrected chi connectivity index (χ1v) is 6.43. The Morgan fingerprint density at radius 3 is 2.61 bits per heavy atom. The van der Waals surface area contributed by atoms with Crippen molar-refractivity contribution in [3.05, 3.63) is 30.1 Å². The summed E-state index contributed by atoms with van der Waals surface area (Å²) in [6, 6.07) is 8.95. The monoisotopic (exact) mass is 246 g/mol. The molecule has 1 aromatic rings. The summed E-state index contributed by atoms with van der Waals surface area (Å²) in [6.07, 6.45) is 2.69. The predicted octanol–water partition coefficient (Wildman–Crippen LogP) is 3.73. The van der Waals surface area contributed by atoms with E-state index in [1.807, 2.05) is 12.1 Å². The normalized spacial score (nSPS) is 22.6. The van der Waals surface area contributed by atoms with Crippen LogP contribution < -0.4 is 4.90 Å². The standard InChI is InChI=1S/C15H19FN2/c1-15(2)11-12(7-9-17)8-10-18(15)14-5-3-13(16)4-6-14/h3-6,12H,7-8,10-11H2,1-2H3. The van der Waals surface area contributed by atoms with Crippen LogP contribution in [0, 0.1) is 23.1 Å². The number of piperidine rings is 1. The molecule has 0 bridgehead atoms. The molecule has 2 rings (SSSR count). The topological polar surface area (TPSA) is 27.0 Å². The van der Waals surface area contributed by atoms with E-state index in [4.69, 9.17) is 5.26 Å². The van der Waals surface area contributed by atoms with Crippen molar-refractivity contribution in [1.82, 2.24) is 0 Å². The van der Waals surface area contributed by atoms with Crippen LogP contribution in [0.15, 0.2) is 24.3 Å². The van der Waals surface area contributed by atoms with Crippen LogP contribution in [0.4, 0.5) is 10.1 Å². The highest BCUT2D eigenvalue weighted by molar-refractivity contribution is 5.49. The first kappa shape index (κ1) is 12.9. The van der Waals surface area contributed by atoms with Crippen molar-refractivity contribution in [3.8, 4) is 6.07 Å². The molecule has 0 N–H and O–H groups in total. The number of nitriles is 1. The summed E-state index contributed by atoms with van der Waals surface area (Å²) < 4.78 is 13.0. The number of anilines is 1. The minimum Gasteiger partial charge on any atom is -0.366 e. The minimum atomic E-state index is -0.198. The van der Waals surface area contributed by atoms with E-state index in [0.717, 1.165) is 25.1 Å². The van der Waals surface area contributed by atoms with Gasteiger partial charge in [0, 0.05) is 24.2 Å². The Kier molecular flexibility index (Phi) is 3.56. The molecule has 1 aliphatic heterocycles. The van der Waals surface area contributed by atoms with Crippen LogP contribution >= 0.6 is 0 Å². The third-order valence-electron chi connectivity index (χ3n) is 3.80. The fourth-order valence-corrected chi connectivity index (χ4v) is 2.94. The lowest BCUT2D eigenvalue weighted by atomic mass is 9.81. The van der Waals surface area contributed by atoms with Crippen LogP contribution in [-0.4, -0.2) is 12.1 Å². The summed E-state index contributed by atoms with van der Waals surface area (Å²) in [5.74, 6) is 0.289. The van der Waals surface area contributed by atoms with E-state index in [1.165, 1.54) is 12.1 Å².